The highest BCUT2D eigenvalue weighted by atomic mass is 15.2. The number of aromatic nitrogens is 2. The van der Waals surface area contributed by atoms with E-state index in [0.717, 1.165) is 37.5 Å². The molecule has 0 bridgehead atoms. The molecule has 1 aliphatic rings. The number of para-hydroxylation sites is 2. The smallest absolute Gasteiger partial charge is 0.123 e. The fourth-order valence-corrected chi connectivity index (χ4v) is 3.35. The Morgan fingerprint density at radius 1 is 1.38 bits per heavy atom. The van der Waals surface area contributed by atoms with Crippen molar-refractivity contribution in [2.75, 3.05) is 26.8 Å². The molecule has 1 unspecified atom stereocenters. The standard InChI is InChI=1S/C16H25N5/c1-18-9-16-19-14-6-2-3-7-15(14)21(16)11-13-5-4-8-20(10-13)12-17/h2-3,6-7,13,18H,4-5,8-12,17H2,1H3. The molecule has 0 radical (unpaired) electrons. The van der Waals surface area contributed by atoms with Crippen LogP contribution in [0.3, 0.4) is 0 Å². The molecular formula is C16H25N5. The van der Waals surface area contributed by atoms with Crippen LogP contribution in [0.5, 0.6) is 0 Å². The number of nitrogens with two attached hydrogens (primary N) is 1. The molecule has 0 amide bonds. The van der Waals surface area contributed by atoms with Gasteiger partial charge >= 0.3 is 0 Å². The van der Waals surface area contributed by atoms with Crippen LogP contribution in [0.1, 0.15) is 18.7 Å². The lowest BCUT2D eigenvalue weighted by Crippen LogP contribution is -2.40. The summed E-state index contributed by atoms with van der Waals surface area (Å²) in [4.78, 5) is 7.12. The third-order valence-electron chi connectivity index (χ3n) is 4.37. The normalized spacial score (nSPS) is 20.2. The lowest BCUT2D eigenvalue weighted by atomic mass is 9.98. The number of benzene rings is 1. The van der Waals surface area contributed by atoms with Gasteiger partial charge in [0.2, 0.25) is 0 Å². The van der Waals surface area contributed by atoms with Gasteiger partial charge in [-0.25, -0.2) is 4.98 Å². The van der Waals surface area contributed by atoms with Crippen LogP contribution in [0.15, 0.2) is 24.3 Å². The fourth-order valence-electron chi connectivity index (χ4n) is 3.35. The molecule has 1 aliphatic heterocycles. The topological polar surface area (TPSA) is 59.1 Å². The summed E-state index contributed by atoms with van der Waals surface area (Å²) in [6.07, 6.45) is 2.53. The van der Waals surface area contributed by atoms with Crippen molar-refractivity contribution in [3.05, 3.63) is 30.1 Å². The van der Waals surface area contributed by atoms with E-state index >= 15 is 0 Å². The molecule has 21 heavy (non-hydrogen) atoms. The number of nitrogens with one attached hydrogen (secondary N) is 1. The second-order valence-corrected chi connectivity index (χ2v) is 5.93. The predicted molar refractivity (Wildman–Crippen MR) is 85.8 cm³/mol. The van der Waals surface area contributed by atoms with Crippen LogP contribution in [0.25, 0.3) is 11.0 Å². The van der Waals surface area contributed by atoms with E-state index < -0.39 is 0 Å². The van der Waals surface area contributed by atoms with Crippen molar-refractivity contribution in [3.8, 4) is 0 Å². The molecule has 3 N–H and O–H groups in total. The molecular weight excluding hydrogens is 262 g/mol. The second-order valence-electron chi connectivity index (χ2n) is 5.93. The number of likely N-dealkylation sites (tertiary alicyclic amines) is 1. The van der Waals surface area contributed by atoms with Crippen LogP contribution in [0, 0.1) is 5.92 Å². The van der Waals surface area contributed by atoms with Gasteiger partial charge in [-0.3, -0.25) is 4.90 Å². The molecule has 1 atom stereocenters. The third kappa shape index (κ3) is 3.10. The van der Waals surface area contributed by atoms with E-state index in [0.29, 0.717) is 12.6 Å². The van der Waals surface area contributed by atoms with Crippen molar-refractivity contribution in [2.45, 2.75) is 25.9 Å². The predicted octanol–water partition coefficient (Wildman–Crippen LogP) is 1.38. The maximum absolute atomic E-state index is 5.80. The van der Waals surface area contributed by atoms with Crippen molar-refractivity contribution >= 4 is 11.0 Å². The van der Waals surface area contributed by atoms with Crippen LogP contribution < -0.4 is 11.1 Å². The highest BCUT2D eigenvalue weighted by Gasteiger charge is 2.21. The number of hydrogen-bond acceptors (Lipinski definition) is 4. The van der Waals surface area contributed by atoms with Gasteiger partial charge in [0, 0.05) is 19.8 Å². The molecule has 0 spiro atoms. The molecule has 2 heterocycles. The molecule has 5 nitrogen and oxygen atoms in total. The highest BCUT2D eigenvalue weighted by molar-refractivity contribution is 5.75. The monoisotopic (exact) mass is 287 g/mol. The zero-order chi connectivity index (χ0) is 14.7. The lowest BCUT2D eigenvalue weighted by Gasteiger charge is -2.32. The number of rotatable bonds is 5. The fraction of sp³-hybridized carbons (Fsp3) is 0.562. The van der Waals surface area contributed by atoms with Crippen LogP contribution in [0.2, 0.25) is 0 Å². The number of piperidine rings is 1. The van der Waals surface area contributed by atoms with Crippen molar-refractivity contribution < 1.29 is 0 Å². The average Bonchev–Trinajstić information content (AvgIpc) is 2.86. The maximum Gasteiger partial charge on any atom is 0.123 e. The maximum atomic E-state index is 5.80. The van der Waals surface area contributed by atoms with E-state index in [1.54, 1.807) is 0 Å². The number of fused-ring (bicyclic) bond motifs is 1. The first-order valence-electron chi connectivity index (χ1n) is 7.83. The van der Waals surface area contributed by atoms with E-state index in [9.17, 15) is 0 Å². The van der Waals surface area contributed by atoms with E-state index in [-0.39, 0.29) is 0 Å². The zero-order valence-corrected chi connectivity index (χ0v) is 12.8. The minimum absolute atomic E-state index is 0.663. The quantitative estimate of drug-likeness (QED) is 0.872. The second kappa shape index (κ2) is 6.56. The molecule has 1 aromatic carbocycles. The number of imidazole rings is 1. The van der Waals surface area contributed by atoms with Gasteiger partial charge in [0.1, 0.15) is 5.82 Å². The summed E-state index contributed by atoms with van der Waals surface area (Å²) in [6.45, 7) is 4.75. The van der Waals surface area contributed by atoms with Crippen LogP contribution in [0.4, 0.5) is 0 Å². The molecule has 1 saturated heterocycles. The largest absolute Gasteiger partial charge is 0.327 e. The Morgan fingerprint density at radius 3 is 3.05 bits per heavy atom. The van der Waals surface area contributed by atoms with Gasteiger partial charge < -0.3 is 15.6 Å². The van der Waals surface area contributed by atoms with Gasteiger partial charge in [-0.1, -0.05) is 12.1 Å². The van der Waals surface area contributed by atoms with Crippen molar-refractivity contribution in [2.24, 2.45) is 11.7 Å². The van der Waals surface area contributed by atoms with E-state index in [1.807, 2.05) is 7.05 Å². The summed E-state index contributed by atoms with van der Waals surface area (Å²) in [6, 6.07) is 8.42. The Hall–Kier alpha value is -1.43. The first-order chi connectivity index (χ1) is 10.3. The molecule has 0 saturated carbocycles. The van der Waals surface area contributed by atoms with E-state index in [4.69, 9.17) is 10.7 Å². The third-order valence-corrected chi connectivity index (χ3v) is 4.37. The Kier molecular flexibility index (Phi) is 4.53. The van der Waals surface area contributed by atoms with Crippen molar-refractivity contribution in [3.63, 3.8) is 0 Å². The van der Waals surface area contributed by atoms with Gasteiger partial charge in [-0.15, -0.1) is 0 Å². The molecule has 3 rings (SSSR count). The van der Waals surface area contributed by atoms with Gasteiger partial charge in [-0.2, -0.15) is 0 Å². The zero-order valence-electron chi connectivity index (χ0n) is 12.8. The Labute approximate surface area is 126 Å². The van der Waals surface area contributed by atoms with E-state index in [1.165, 1.54) is 18.4 Å². The SMILES string of the molecule is CNCc1nc2ccccc2n1CC1CCCN(CN)C1. The van der Waals surface area contributed by atoms with Gasteiger partial charge in [-0.05, 0) is 44.5 Å². The van der Waals surface area contributed by atoms with Gasteiger partial charge in [0.15, 0.2) is 0 Å². The number of hydrogen-bond donors (Lipinski definition) is 2. The van der Waals surface area contributed by atoms with Gasteiger partial charge in [0.25, 0.3) is 0 Å². The molecule has 1 fully saturated rings. The van der Waals surface area contributed by atoms with Crippen molar-refractivity contribution in [1.29, 1.82) is 0 Å². The molecule has 2 aromatic rings. The lowest BCUT2D eigenvalue weighted by molar-refractivity contribution is 0.166. The van der Waals surface area contributed by atoms with Crippen molar-refractivity contribution in [1.82, 2.24) is 19.8 Å². The highest BCUT2D eigenvalue weighted by Crippen LogP contribution is 2.22. The molecule has 1 aromatic heterocycles. The summed E-state index contributed by atoms with van der Waals surface area (Å²) in [5, 5.41) is 3.23. The summed E-state index contributed by atoms with van der Waals surface area (Å²) in [7, 11) is 1.97. The molecule has 5 heteroatoms. The first kappa shape index (κ1) is 14.5. The summed E-state index contributed by atoms with van der Waals surface area (Å²) < 4.78 is 2.39. The average molecular weight is 287 g/mol. The Morgan fingerprint density at radius 2 is 2.24 bits per heavy atom. The Bertz CT molecular complexity index is 591. The van der Waals surface area contributed by atoms with Crippen LogP contribution in [-0.2, 0) is 13.1 Å². The van der Waals surface area contributed by atoms with E-state index in [2.05, 4.69) is 39.0 Å². The molecule has 0 aliphatic carbocycles. The summed E-state index contributed by atoms with van der Waals surface area (Å²) in [5.74, 6) is 1.79. The van der Waals surface area contributed by atoms with Gasteiger partial charge in [0.05, 0.1) is 17.6 Å². The summed E-state index contributed by atoms with van der Waals surface area (Å²) >= 11 is 0. The first-order valence-corrected chi connectivity index (χ1v) is 7.83. The minimum atomic E-state index is 0.663. The minimum Gasteiger partial charge on any atom is -0.327 e. The number of nitrogens with zero attached hydrogens (tertiary/aromatic N) is 3. The molecule has 114 valence electrons. The Balaban J connectivity index is 1.86. The van der Waals surface area contributed by atoms with Crippen LogP contribution >= 0.6 is 0 Å². The summed E-state index contributed by atoms with van der Waals surface area (Å²) in [5.41, 5.74) is 8.14. The van der Waals surface area contributed by atoms with Crippen LogP contribution in [-0.4, -0.2) is 41.3 Å².